The summed E-state index contributed by atoms with van der Waals surface area (Å²) in [7, 11) is -4.10. The number of hydrazone groups is 1. The molecule has 1 heterocycles. The molecule has 0 saturated heterocycles. The Bertz CT molecular complexity index is 1320. The van der Waals surface area contributed by atoms with Crippen LogP contribution in [0.2, 0.25) is 0 Å². The molecule has 0 saturated carbocycles. The van der Waals surface area contributed by atoms with Gasteiger partial charge in [-0.15, -0.1) is 0 Å². The van der Waals surface area contributed by atoms with E-state index in [1.807, 2.05) is 24.1 Å². The normalized spacial score (nSPS) is 13.5. The molecule has 0 atom stereocenters. The summed E-state index contributed by atoms with van der Waals surface area (Å²) < 4.78 is 53.4. The molecule has 0 aromatic heterocycles. The first kappa shape index (κ1) is 22.4. The number of nitrogens with zero attached hydrogens (tertiary/aromatic N) is 2. The quantitative estimate of drug-likeness (QED) is 0.551. The third-order valence-electron chi connectivity index (χ3n) is 5.00. The highest BCUT2D eigenvalue weighted by Crippen LogP contribution is 2.22. The van der Waals surface area contributed by atoms with Gasteiger partial charge in [-0.1, -0.05) is 0 Å². The second-order valence-corrected chi connectivity index (χ2v) is 9.15. The van der Waals surface area contributed by atoms with E-state index in [9.17, 15) is 22.0 Å². The molecule has 0 unspecified atom stereocenters. The maximum absolute atomic E-state index is 13.4. The predicted molar refractivity (Wildman–Crippen MR) is 123 cm³/mol. The van der Waals surface area contributed by atoms with Crippen molar-refractivity contribution in [1.29, 1.82) is 0 Å². The fraction of sp³-hybridized carbons (Fsp3) is 0.130. The van der Waals surface area contributed by atoms with E-state index in [0.717, 1.165) is 36.5 Å². The highest BCUT2D eigenvalue weighted by molar-refractivity contribution is 7.92. The van der Waals surface area contributed by atoms with Crippen molar-refractivity contribution in [2.45, 2.75) is 18.2 Å². The number of benzene rings is 3. The third-order valence-corrected chi connectivity index (χ3v) is 6.38. The van der Waals surface area contributed by atoms with E-state index in [-0.39, 0.29) is 11.6 Å². The lowest BCUT2D eigenvalue weighted by atomic mass is 10.2. The predicted octanol–water partition coefficient (Wildman–Crippen LogP) is 4.60. The van der Waals surface area contributed by atoms with Gasteiger partial charge < -0.3 is 5.32 Å². The van der Waals surface area contributed by atoms with Gasteiger partial charge in [0.05, 0.1) is 10.6 Å². The summed E-state index contributed by atoms with van der Waals surface area (Å²) in [5.74, 6) is -2.71. The molecule has 0 spiro atoms. The fourth-order valence-corrected chi connectivity index (χ4v) is 4.30. The summed E-state index contributed by atoms with van der Waals surface area (Å²) in [5, 5.41) is 9.05. The van der Waals surface area contributed by atoms with Gasteiger partial charge in [-0.3, -0.25) is 14.5 Å². The lowest BCUT2D eigenvalue weighted by Crippen LogP contribution is -2.15. The second kappa shape index (κ2) is 8.99. The summed E-state index contributed by atoms with van der Waals surface area (Å²) in [5.41, 5.74) is 3.08. The van der Waals surface area contributed by atoms with Crippen LogP contribution in [0.5, 0.6) is 0 Å². The van der Waals surface area contributed by atoms with E-state index in [1.54, 1.807) is 12.1 Å². The van der Waals surface area contributed by atoms with Crippen molar-refractivity contribution in [3.05, 3.63) is 83.9 Å². The van der Waals surface area contributed by atoms with Gasteiger partial charge in [-0.2, -0.15) is 5.10 Å². The number of hydrogen-bond donors (Lipinski definition) is 2. The minimum atomic E-state index is -4.10. The lowest BCUT2D eigenvalue weighted by molar-refractivity contribution is 0.102. The van der Waals surface area contributed by atoms with Crippen LogP contribution in [0.1, 0.15) is 23.7 Å². The molecule has 2 N–H and O–H groups in total. The van der Waals surface area contributed by atoms with Crippen molar-refractivity contribution in [1.82, 2.24) is 0 Å². The zero-order valence-electron chi connectivity index (χ0n) is 17.5. The molecule has 10 heteroatoms. The van der Waals surface area contributed by atoms with Crippen molar-refractivity contribution < 1.29 is 22.0 Å². The van der Waals surface area contributed by atoms with Crippen molar-refractivity contribution in [2.24, 2.45) is 5.10 Å². The fourth-order valence-electron chi connectivity index (χ4n) is 3.23. The molecular formula is C23H20F2N4O3S. The number of carbonyl (C=O) groups excluding carboxylic acids is 1. The van der Waals surface area contributed by atoms with E-state index in [4.69, 9.17) is 0 Å². The minimum absolute atomic E-state index is 0.198. The van der Waals surface area contributed by atoms with Crippen LogP contribution in [0, 0.1) is 11.6 Å². The number of anilines is 3. The van der Waals surface area contributed by atoms with Crippen LogP contribution in [0.3, 0.4) is 0 Å². The monoisotopic (exact) mass is 470 g/mol. The van der Waals surface area contributed by atoms with Gasteiger partial charge in [0.1, 0.15) is 0 Å². The van der Waals surface area contributed by atoms with Crippen LogP contribution in [0.4, 0.5) is 25.8 Å². The molecule has 33 heavy (non-hydrogen) atoms. The Morgan fingerprint density at radius 1 is 0.939 bits per heavy atom. The molecule has 4 rings (SSSR count). The van der Waals surface area contributed by atoms with E-state index in [2.05, 4.69) is 15.1 Å². The number of amides is 1. The van der Waals surface area contributed by atoms with Crippen LogP contribution in [0.15, 0.2) is 76.7 Å². The van der Waals surface area contributed by atoms with Gasteiger partial charge in [0.2, 0.25) is 0 Å². The molecule has 0 fully saturated rings. The number of halogens is 2. The molecule has 0 bridgehead atoms. The third kappa shape index (κ3) is 5.17. The van der Waals surface area contributed by atoms with E-state index < -0.39 is 26.6 Å². The first-order chi connectivity index (χ1) is 15.7. The van der Waals surface area contributed by atoms with Crippen LogP contribution in [-0.4, -0.2) is 26.6 Å². The Balaban J connectivity index is 1.40. The number of carbonyl (C=O) groups is 1. The van der Waals surface area contributed by atoms with Gasteiger partial charge in [-0.05, 0) is 73.7 Å². The topological polar surface area (TPSA) is 90.9 Å². The molecule has 7 nitrogen and oxygen atoms in total. The van der Waals surface area contributed by atoms with Crippen LogP contribution >= 0.6 is 0 Å². The smallest absolute Gasteiger partial charge is 0.261 e. The standard InChI is InChI=1S/C23H20F2N4O3S/c1-15-12-13-29(27-15)19-8-2-16(3-9-19)23(30)26-17-4-6-18(7-5-17)28-33(31,32)20-10-11-21(24)22(25)14-20/h2-11,14,28H,12-13H2,1H3,(H,26,30). The molecule has 3 aromatic rings. The van der Waals surface area contributed by atoms with Gasteiger partial charge in [0, 0.05) is 35.6 Å². The van der Waals surface area contributed by atoms with Crippen molar-refractivity contribution in [3.8, 4) is 0 Å². The Morgan fingerprint density at radius 3 is 2.21 bits per heavy atom. The molecule has 0 aliphatic carbocycles. The SMILES string of the molecule is CC1=NN(c2ccc(C(=O)Nc3ccc(NS(=O)(=O)c4ccc(F)c(F)c4)cc3)cc2)CC1. The number of rotatable bonds is 6. The highest BCUT2D eigenvalue weighted by atomic mass is 32.2. The number of nitrogens with one attached hydrogen (secondary N) is 2. The maximum Gasteiger partial charge on any atom is 0.261 e. The molecule has 1 aliphatic rings. The lowest BCUT2D eigenvalue weighted by Gasteiger charge is -2.14. The summed E-state index contributed by atoms with van der Waals surface area (Å²) in [6.45, 7) is 2.78. The first-order valence-corrected chi connectivity index (χ1v) is 11.5. The zero-order valence-corrected chi connectivity index (χ0v) is 18.4. The van der Waals surface area contributed by atoms with Crippen molar-refractivity contribution in [2.75, 3.05) is 21.6 Å². The van der Waals surface area contributed by atoms with Crippen molar-refractivity contribution in [3.63, 3.8) is 0 Å². The summed E-state index contributed by atoms with van der Waals surface area (Å²) in [4.78, 5) is 12.1. The molecule has 1 amide bonds. The maximum atomic E-state index is 13.4. The van der Waals surface area contributed by atoms with Crippen LogP contribution in [0.25, 0.3) is 0 Å². The first-order valence-electron chi connectivity index (χ1n) is 10.0. The average molecular weight is 471 g/mol. The van der Waals surface area contributed by atoms with Crippen LogP contribution < -0.4 is 15.0 Å². The number of sulfonamides is 1. The van der Waals surface area contributed by atoms with Crippen molar-refractivity contribution >= 4 is 38.7 Å². The Labute approximate surface area is 189 Å². The highest BCUT2D eigenvalue weighted by Gasteiger charge is 2.17. The van der Waals surface area contributed by atoms with E-state index >= 15 is 0 Å². The van der Waals surface area contributed by atoms with Gasteiger partial charge in [0.25, 0.3) is 15.9 Å². The molecular weight excluding hydrogens is 450 g/mol. The largest absolute Gasteiger partial charge is 0.322 e. The summed E-state index contributed by atoms with van der Waals surface area (Å²) in [6, 6.07) is 15.3. The second-order valence-electron chi connectivity index (χ2n) is 7.47. The zero-order chi connectivity index (χ0) is 23.6. The van der Waals surface area contributed by atoms with Gasteiger partial charge in [-0.25, -0.2) is 17.2 Å². The Morgan fingerprint density at radius 2 is 1.61 bits per heavy atom. The molecule has 0 radical (unpaired) electrons. The van der Waals surface area contributed by atoms with Crippen LogP contribution in [-0.2, 0) is 10.0 Å². The Kier molecular flexibility index (Phi) is 6.10. The summed E-state index contributed by atoms with van der Waals surface area (Å²) in [6.07, 6.45) is 0.912. The molecule has 1 aliphatic heterocycles. The molecule has 170 valence electrons. The molecule has 3 aromatic carbocycles. The van der Waals surface area contributed by atoms with Gasteiger partial charge >= 0.3 is 0 Å². The number of hydrogen-bond acceptors (Lipinski definition) is 5. The van der Waals surface area contributed by atoms with Gasteiger partial charge in [0.15, 0.2) is 11.6 Å². The average Bonchev–Trinajstić information content (AvgIpc) is 3.23. The van der Waals surface area contributed by atoms with E-state index in [1.165, 1.54) is 24.3 Å². The Hall–Kier alpha value is -3.79. The minimum Gasteiger partial charge on any atom is -0.322 e. The van der Waals surface area contributed by atoms with E-state index in [0.29, 0.717) is 17.3 Å². The summed E-state index contributed by atoms with van der Waals surface area (Å²) >= 11 is 0.